The average molecular weight is 314 g/mol. The van der Waals surface area contributed by atoms with Crippen LogP contribution in [0.5, 0.6) is 0 Å². The summed E-state index contributed by atoms with van der Waals surface area (Å²) in [5.74, 6) is 0.590. The van der Waals surface area contributed by atoms with Gasteiger partial charge >= 0.3 is 0 Å². The number of carbonyl (C=O) groups is 1. The molecule has 2 N–H and O–H groups in total. The first-order valence-electron chi connectivity index (χ1n) is 8.59. The van der Waals surface area contributed by atoms with Crippen molar-refractivity contribution in [2.75, 3.05) is 18.4 Å². The quantitative estimate of drug-likeness (QED) is 0.822. The number of aliphatic hydroxyl groups is 1. The number of likely N-dealkylation sites (tertiary alicyclic amines) is 1. The van der Waals surface area contributed by atoms with Crippen LogP contribution in [0.4, 0.5) is 5.69 Å². The van der Waals surface area contributed by atoms with Crippen LogP contribution in [0.1, 0.15) is 38.2 Å². The minimum Gasteiger partial charge on any atom is -0.393 e. The highest BCUT2D eigenvalue weighted by atomic mass is 16.3. The lowest BCUT2D eigenvalue weighted by molar-refractivity contribution is -0.112. The highest BCUT2D eigenvalue weighted by Gasteiger charge is 2.23. The van der Waals surface area contributed by atoms with Gasteiger partial charge in [0.05, 0.1) is 6.10 Å². The molecule has 4 heteroatoms. The van der Waals surface area contributed by atoms with E-state index in [4.69, 9.17) is 0 Å². The standard InChI is InChI=1S/C19H26N2O2/c1-14(15-6-7-15)12-19(23)20-18-5-3-2-4-16(18)13-21-10-8-17(22)9-11-21/h2-5,12,15,17,22H,6-11,13H2,1H3,(H,20,23)/b14-12-. The summed E-state index contributed by atoms with van der Waals surface area (Å²) in [6.07, 6.45) is 5.68. The summed E-state index contributed by atoms with van der Waals surface area (Å²) in [5, 5.41) is 12.6. The van der Waals surface area contributed by atoms with Gasteiger partial charge in [-0.15, -0.1) is 0 Å². The molecule has 1 aromatic rings. The van der Waals surface area contributed by atoms with E-state index >= 15 is 0 Å². The van der Waals surface area contributed by atoms with Gasteiger partial charge in [0.1, 0.15) is 0 Å². The number of anilines is 1. The Morgan fingerprint density at radius 1 is 1.26 bits per heavy atom. The fourth-order valence-corrected chi connectivity index (χ4v) is 3.13. The molecule has 124 valence electrons. The van der Waals surface area contributed by atoms with E-state index < -0.39 is 0 Å². The summed E-state index contributed by atoms with van der Waals surface area (Å²) in [4.78, 5) is 14.5. The van der Waals surface area contributed by atoms with Crippen molar-refractivity contribution in [1.82, 2.24) is 4.90 Å². The van der Waals surface area contributed by atoms with E-state index in [0.29, 0.717) is 5.92 Å². The largest absolute Gasteiger partial charge is 0.393 e. The fraction of sp³-hybridized carbons (Fsp3) is 0.526. The van der Waals surface area contributed by atoms with Gasteiger partial charge in [-0.2, -0.15) is 0 Å². The maximum Gasteiger partial charge on any atom is 0.248 e. The zero-order valence-corrected chi connectivity index (χ0v) is 13.8. The van der Waals surface area contributed by atoms with E-state index in [1.165, 1.54) is 18.4 Å². The number of allylic oxidation sites excluding steroid dienone is 1. The Kier molecular flexibility index (Phi) is 5.13. The molecule has 1 saturated heterocycles. The topological polar surface area (TPSA) is 52.6 Å². The van der Waals surface area contributed by atoms with Crippen molar-refractivity contribution >= 4 is 11.6 Å². The molecule has 0 unspecified atom stereocenters. The lowest BCUT2D eigenvalue weighted by Crippen LogP contribution is -2.35. The van der Waals surface area contributed by atoms with Crippen LogP contribution in [0.15, 0.2) is 35.9 Å². The Morgan fingerprint density at radius 2 is 1.96 bits per heavy atom. The fourth-order valence-electron chi connectivity index (χ4n) is 3.13. The normalized spacial score (nSPS) is 20.5. The van der Waals surface area contributed by atoms with Crippen molar-refractivity contribution in [2.45, 2.75) is 45.3 Å². The number of nitrogens with zero attached hydrogens (tertiary/aromatic N) is 1. The van der Waals surface area contributed by atoms with E-state index in [1.807, 2.05) is 25.1 Å². The molecular weight excluding hydrogens is 288 g/mol. The lowest BCUT2D eigenvalue weighted by atomic mass is 10.1. The highest BCUT2D eigenvalue weighted by Crippen LogP contribution is 2.35. The van der Waals surface area contributed by atoms with Gasteiger partial charge < -0.3 is 10.4 Å². The highest BCUT2D eigenvalue weighted by molar-refractivity contribution is 6.00. The number of piperidine rings is 1. The summed E-state index contributed by atoms with van der Waals surface area (Å²) in [6.45, 7) is 4.67. The maximum absolute atomic E-state index is 12.2. The molecule has 4 nitrogen and oxygen atoms in total. The number of nitrogens with one attached hydrogen (secondary N) is 1. The second-order valence-corrected chi connectivity index (χ2v) is 6.82. The third kappa shape index (κ3) is 4.66. The molecule has 0 spiro atoms. The van der Waals surface area contributed by atoms with Gasteiger partial charge in [-0.1, -0.05) is 23.8 Å². The van der Waals surface area contributed by atoms with Crippen LogP contribution in [-0.4, -0.2) is 35.1 Å². The van der Waals surface area contributed by atoms with E-state index in [9.17, 15) is 9.90 Å². The molecular formula is C19H26N2O2. The number of para-hydroxylation sites is 1. The Morgan fingerprint density at radius 3 is 2.65 bits per heavy atom. The van der Waals surface area contributed by atoms with Gasteiger partial charge in [0.2, 0.25) is 5.91 Å². The third-order valence-corrected chi connectivity index (χ3v) is 4.81. The van der Waals surface area contributed by atoms with Gasteiger partial charge in [-0.3, -0.25) is 9.69 Å². The summed E-state index contributed by atoms with van der Waals surface area (Å²) in [5.41, 5.74) is 3.21. The average Bonchev–Trinajstić information content (AvgIpc) is 3.36. The molecule has 0 bridgehead atoms. The predicted octanol–water partition coefficient (Wildman–Crippen LogP) is 2.94. The predicted molar refractivity (Wildman–Crippen MR) is 92.1 cm³/mol. The van der Waals surface area contributed by atoms with Crippen LogP contribution < -0.4 is 5.32 Å². The van der Waals surface area contributed by atoms with E-state index in [0.717, 1.165) is 43.7 Å². The number of hydrogen-bond donors (Lipinski definition) is 2. The third-order valence-electron chi connectivity index (χ3n) is 4.81. The Hall–Kier alpha value is -1.65. The maximum atomic E-state index is 12.2. The van der Waals surface area contributed by atoms with Crippen molar-refractivity contribution in [3.05, 3.63) is 41.5 Å². The molecule has 1 saturated carbocycles. The molecule has 2 fully saturated rings. The van der Waals surface area contributed by atoms with Crippen LogP contribution in [0.25, 0.3) is 0 Å². The first-order valence-corrected chi connectivity index (χ1v) is 8.59. The monoisotopic (exact) mass is 314 g/mol. The van der Waals surface area contributed by atoms with Crippen LogP contribution in [0, 0.1) is 5.92 Å². The second-order valence-electron chi connectivity index (χ2n) is 6.82. The van der Waals surface area contributed by atoms with Crippen molar-refractivity contribution < 1.29 is 9.90 Å². The van der Waals surface area contributed by atoms with E-state index in [2.05, 4.69) is 16.3 Å². The summed E-state index contributed by atoms with van der Waals surface area (Å²) in [7, 11) is 0. The first-order chi connectivity index (χ1) is 11.1. The van der Waals surface area contributed by atoms with Gasteiger partial charge in [0.15, 0.2) is 0 Å². The molecule has 0 atom stereocenters. The number of rotatable bonds is 5. The van der Waals surface area contributed by atoms with Crippen LogP contribution in [0.3, 0.4) is 0 Å². The van der Waals surface area contributed by atoms with Gasteiger partial charge in [-0.05, 0) is 50.2 Å². The second kappa shape index (κ2) is 7.28. The summed E-state index contributed by atoms with van der Waals surface area (Å²) in [6, 6.07) is 8.00. The Balaban J connectivity index is 1.63. The van der Waals surface area contributed by atoms with Gasteiger partial charge in [0, 0.05) is 31.4 Å². The molecule has 0 aromatic heterocycles. The number of carbonyl (C=O) groups excluding carboxylic acids is 1. The Bertz CT molecular complexity index is 585. The summed E-state index contributed by atoms with van der Waals surface area (Å²) >= 11 is 0. The zero-order chi connectivity index (χ0) is 16.2. The molecule has 3 rings (SSSR count). The SMILES string of the molecule is C/C(=C/C(=O)Nc1ccccc1CN1CCC(O)CC1)C1CC1. The molecule has 0 radical (unpaired) electrons. The van der Waals surface area contributed by atoms with Gasteiger partial charge in [0.25, 0.3) is 0 Å². The van der Waals surface area contributed by atoms with E-state index in [-0.39, 0.29) is 12.0 Å². The van der Waals surface area contributed by atoms with Crippen molar-refractivity contribution in [3.8, 4) is 0 Å². The Labute approximate surface area is 138 Å². The van der Waals surface area contributed by atoms with E-state index in [1.54, 1.807) is 6.08 Å². The number of benzene rings is 1. The van der Waals surface area contributed by atoms with Crippen LogP contribution >= 0.6 is 0 Å². The van der Waals surface area contributed by atoms with Crippen molar-refractivity contribution in [1.29, 1.82) is 0 Å². The summed E-state index contributed by atoms with van der Waals surface area (Å²) < 4.78 is 0. The molecule has 1 aliphatic heterocycles. The van der Waals surface area contributed by atoms with Crippen LogP contribution in [-0.2, 0) is 11.3 Å². The molecule has 23 heavy (non-hydrogen) atoms. The number of hydrogen-bond acceptors (Lipinski definition) is 3. The minimum atomic E-state index is -0.156. The van der Waals surface area contributed by atoms with Gasteiger partial charge in [-0.25, -0.2) is 0 Å². The molecule has 1 heterocycles. The minimum absolute atomic E-state index is 0.0316. The molecule has 1 amide bonds. The molecule has 2 aliphatic rings. The number of amides is 1. The number of aliphatic hydroxyl groups excluding tert-OH is 1. The smallest absolute Gasteiger partial charge is 0.248 e. The van der Waals surface area contributed by atoms with Crippen molar-refractivity contribution in [3.63, 3.8) is 0 Å². The lowest BCUT2D eigenvalue weighted by Gasteiger charge is -2.30. The van der Waals surface area contributed by atoms with Crippen molar-refractivity contribution in [2.24, 2.45) is 5.92 Å². The first kappa shape index (κ1) is 16.2. The molecule has 1 aromatic carbocycles. The molecule has 1 aliphatic carbocycles. The zero-order valence-electron chi connectivity index (χ0n) is 13.8. The van der Waals surface area contributed by atoms with Crippen LogP contribution in [0.2, 0.25) is 0 Å².